The number of fused-ring (bicyclic) bond motifs is 2. The Balaban J connectivity index is 1.55. The van der Waals surface area contributed by atoms with E-state index < -0.39 is 83.0 Å². The third-order valence-electron chi connectivity index (χ3n) is 12.8. The molecular formula is C49H63N3O15. The summed E-state index contributed by atoms with van der Waals surface area (Å²) in [4.78, 5) is 47.6. The summed E-state index contributed by atoms with van der Waals surface area (Å²) in [5.74, 6) is -6.68. The molecule has 0 saturated carbocycles. The number of aromatic hydroxyl groups is 2. The number of benzene rings is 3. The molecule has 0 fully saturated rings. The molecule has 67 heavy (non-hydrogen) atoms. The number of aliphatic hydroxyl groups excluding tert-OH is 3. The molecule has 6 N–H and O–H groups in total. The van der Waals surface area contributed by atoms with Crippen LogP contribution in [0.3, 0.4) is 0 Å². The number of rotatable bonds is 9. The Kier molecular flexibility index (Phi) is 15.6. The minimum atomic E-state index is -1.91. The van der Waals surface area contributed by atoms with Crippen LogP contribution in [0.2, 0.25) is 0 Å². The van der Waals surface area contributed by atoms with E-state index in [9.17, 15) is 39.9 Å². The summed E-state index contributed by atoms with van der Waals surface area (Å²) in [6, 6.07) is 2.80. The molecule has 0 spiro atoms. The lowest BCUT2D eigenvalue weighted by molar-refractivity contribution is -0.181. The lowest BCUT2D eigenvalue weighted by atomic mass is 9.78. The second-order valence-electron chi connectivity index (χ2n) is 18.0. The first kappa shape index (κ1) is 50.6. The standard InChI is InChI=1S/C49H63N3O15/c1-23-13-12-14-24(2)48(60)51-39-43(58)35-34(38-46(39)66-33-22-30(21-31(54)37(33)50-38)63-20-19-62-18-16-52(9)10)36-45(28(6)42(35)57)67-49(8,47(36)59)64-17-15-32(61-11)25(3)44(65-29(7)53)27(5)41(56)26(4)40(23)55/h12-15,17,21-23,25-27,32,40-41,44,47,54-56,58-59H,16,18-20H2,1-11H3,(H,51,60)/b13-12+,17-15+,24-14-/t23-,25+,26+,27+,32-,40-,41+,44+,47?,49-/m0/s1. The Morgan fingerprint density at radius 2 is 1.66 bits per heavy atom. The molecule has 4 bridgehead atoms. The molecule has 1 unspecified atom stereocenters. The fraction of sp³-hybridized carbons (Fsp3) is 0.510. The molecule has 18 heteroatoms. The highest BCUT2D eigenvalue weighted by molar-refractivity contribution is 6.19. The van der Waals surface area contributed by atoms with Crippen LogP contribution in [0.15, 0.2) is 57.5 Å². The van der Waals surface area contributed by atoms with Crippen molar-refractivity contribution in [2.24, 2.45) is 23.7 Å². The van der Waals surface area contributed by atoms with Crippen LogP contribution in [0.5, 0.6) is 23.0 Å². The first-order chi connectivity index (χ1) is 31.6. The van der Waals surface area contributed by atoms with E-state index in [4.69, 9.17) is 37.8 Å². The van der Waals surface area contributed by atoms with Crippen molar-refractivity contribution in [2.45, 2.75) is 91.7 Å². The summed E-state index contributed by atoms with van der Waals surface area (Å²) in [7, 11) is 5.30. The van der Waals surface area contributed by atoms with Crippen molar-refractivity contribution in [3.8, 4) is 23.0 Å². The van der Waals surface area contributed by atoms with Crippen LogP contribution in [0.4, 0.5) is 5.69 Å². The Hall–Kier alpha value is -5.76. The summed E-state index contributed by atoms with van der Waals surface area (Å²) in [6.45, 7) is 14.2. The number of phenols is 2. The van der Waals surface area contributed by atoms with E-state index >= 15 is 0 Å². The number of likely N-dealkylation sites (N-methyl/N-ethyl adjacent to an activating group) is 1. The third-order valence-corrected chi connectivity index (χ3v) is 12.8. The van der Waals surface area contributed by atoms with Crippen molar-refractivity contribution in [2.75, 3.05) is 52.9 Å². The number of amides is 1. The van der Waals surface area contributed by atoms with Gasteiger partial charge < -0.3 is 68.6 Å². The van der Waals surface area contributed by atoms with Crippen LogP contribution in [0, 0.1) is 30.6 Å². The molecule has 10 atom stereocenters. The third kappa shape index (κ3) is 10.2. The van der Waals surface area contributed by atoms with Crippen molar-refractivity contribution in [1.29, 1.82) is 0 Å². The van der Waals surface area contributed by atoms with E-state index in [2.05, 4.69) is 5.32 Å². The largest absolute Gasteiger partial charge is 0.505 e. The predicted octanol–water partition coefficient (Wildman–Crippen LogP) is 5.51. The molecule has 6 rings (SSSR count). The Labute approximate surface area is 388 Å². The normalized spacial score (nSPS) is 29.1. The average molecular weight is 934 g/mol. The zero-order valence-corrected chi connectivity index (χ0v) is 39.8. The summed E-state index contributed by atoms with van der Waals surface area (Å²) >= 11 is 0. The van der Waals surface area contributed by atoms with E-state index in [1.807, 2.05) is 19.0 Å². The van der Waals surface area contributed by atoms with Gasteiger partial charge >= 0.3 is 5.97 Å². The van der Waals surface area contributed by atoms with Crippen LogP contribution in [0.1, 0.15) is 65.7 Å². The number of hydrogen-bond acceptors (Lipinski definition) is 17. The summed E-state index contributed by atoms with van der Waals surface area (Å²) in [6.07, 6.45) is 1.88. The van der Waals surface area contributed by atoms with E-state index in [0.29, 0.717) is 13.2 Å². The van der Waals surface area contributed by atoms with Gasteiger partial charge in [0.25, 0.3) is 11.7 Å². The summed E-state index contributed by atoms with van der Waals surface area (Å²) in [5.41, 5.74) is -1.35. The van der Waals surface area contributed by atoms with Crippen molar-refractivity contribution < 1.29 is 68.0 Å². The van der Waals surface area contributed by atoms with Gasteiger partial charge in [0, 0.05) is 85.4 Å². The molecule has 0 aliphatic carbocycles. The van der Waals surface area contributed by atoms with Crippen molar-refractivity contribution in [3.05, 3.63) is 69.6 Å². The fourth-order valence-corrected chi connectivity index (χ4v) is 8.67. The van der Waals surface area contributed by atoms with Crippen LogP contribution >= 0.6 is 0 Å². The van der Waals surface area contributed by atoms with Crippen LogP contribution in [0.25, 0.3) is 33.0 Å². The predicted molar refractivity (Wildman–Crippen MR) is 249 cm³/mol. The molecule has 1 amide bonds. The molecule has 2 aliphatic heterocycles. The number of phenolic OH excluding ortho intramolecular Hbond substituents is 2. The van der Waals surface area contributed by atoms with E-state index in [0.717, 1.165) is 0 Å². The molecule has 3 aromatic carbocycles. The number of ether oxygens (including phenoxy) is 6. The maximum atomic E-state index is 14.4. The monoisotopic (exact) mass is 933 g/mol. The quantitative estimate of drug-likeness (QED) is 0.0398. The molecule has 3 heterocycles. The van der Waals surface area contributed by atoms with Crippen molar-refractivity contribution in [3.63, 3.8) is 0 Å². The smallest absolute Gasteiger partial charge is 0.302 e. The Bertz CT molecular complexity index is 2660. The number of esters is 1. The van der Waals surface area contributed by atoms with Gasteiger partial charge in [-0.25, -0.2) is 4.98 Å². The number of nitrogens with zero attached hydrogens (tertiary/aromatic N) is 2. The number of aromatic nitrogens is 1. The van der Waals surface area contributed by atoms with Crippen LogP contribution < -0.4 is 20.2 Å². The molecule has 364 valence electrons. The van der Waals surface area contributed by atoms with Crippen molar-refractivity contribution in [1.82, 2.24) is 9.88 Å². The number of hydrogen-bond donors (Lipinski definition) is 6. The minimum absolute atomic E-state index is 0.00438. The molecule has 0 radical (unpaired) electrons. The maximum Gasteiger partial charge on any atom is 0.302 e. The zero-order valence-electron chi connectivity index (χ0n) is 39.8. The Morgan fingerprint density at radius 1 is 0.940 bits per heavy atom. The van der Waals surface area contributed by atoms with Gasteiger partial charge in [-0.15, -0.1) is 0 Å². The second kappa shape index (κ2) is 20.6. The highest BCUT2D eigenvalue weighted by Gasteiger charge is 2.49. The highest BCUT2D eigenvalue weighted by Crippen LogP contribution is 2.52. The molecule has 0 saturated heterocycles. The van der Waals surface area contributed by atoms with E-state index in [1.54, 1.807) is 39.8 Å². The fourth-order valence-electron chi connectivity index (χ4n) is 8.67. The van der Waals surface area contributed by atoms with E-state index in [1.165, 1.54) is 65.4 Å². The zero-order chi connectivity index (χ0) is 49.2. The second-order valence-corrected chi connectivity index (χ2v) is 18.0. The number of carbonyl (C=O) groups is 2. The lowest BCUT2D eigenvalue weighted by Gasteiger charge is -2.38. The number of aliphatic hydroxyl groups is 3. The van der Waals surface area contributed by atoms with Gasteiger partial charge in [-0.1, -0.05) is 45.9 Å². The van der Waals surface area contributed by atoms with E-state index in [-0.39, 0.29) is 85.8 Å². The van der Waals surface area contributed by atoms with Gasteiger partial charge in [0.1, 0.15) is 46.7 Å². The van der Waals surface area contributed by atoms with Crippen molar-refractivity contribution >= 4 is 50.5 Å². The Morgan fingerprint density at radius 3 is 2.33 bits per heavy atom. The van der Waals surface area contributed by atoms with Gasteiger partial charge in [0.2, 0.25) is 0 Å². The molecule has 18 nitrogen and oxygen atoms in total. The number of carbonyl (C=O) groups excluding carboxylic acids is 2. The van der Waals surface area contributed by atoms with Gasteiger partial charge in [-0.3, -0.25) is 14.4 Å². The first-order valence-electron chi connectivity index (χ1n) is 22.2. The number of nitrogens with one attached hydrogen (secondary N) is 1. The topological polar surface area (TPSA) is 249 Å². The van der Waals surface area contributed by atoms with Gasteiger partial charge in [-0.05, 0) is 34.0 Å². The summed E-state index contributed by atoms with van der Waals surface area (Å²) < 4.78 is 41.9. The molecular weight excluding hydrogens is 871 g/mol. The maximum absolute atomic E-state index is 14.4. The first-order valence-corrected chi connectivity index (χ1v) is 22.2. The molecule has 2 aliphatic rings. The highest BCUT2D eigenvalue weighted by atomic mass is 16.7. The van der Waals surface area contributed by atoms with Crippen LogP contribution in [-0.2, 0) is 28.5 Å². The average Bonchev–Trinajstić information content (AvgIpc) is 3.54. The number of anilines is 1. The minimum Gasteiger partial charge on any atom is -0.505 e. The SMILES string of the molecule is CO[C@H]1/C=C/O[C@@]2(C)Oc3c(C)c(=O)c4c(O)c(c5oc6cc(OCCOCCN(C)C)cc(O)c6nc5c4c3C2O)NC(=O)/C(C)=C\C=C\[C@H](C)[C@H](O)[C@@H](C)[C@@H](O)[C@@H](C)[C@H](OC(C)=O)[C@@H]1C. The molecule has 1 aromatic heterocycles. The van der Waals surface area contributed by atoms with Crippen LogP contribution in [-0.4, -0.2) is 125 Å². The number of allylic oxidation sites excluding steroid dienone is 2. The lowest BCUT2D eigenvalue weighted by Crippen LogP contribution is -2.46. The van der Waals surface area contributed by atoms with Gasteiger partial charge in [0.15, 0.2) is 28.4 Å². The van der Waals surface area contributed by atoms with Gasteiger partial charge in [0.05, 0.1) is 43.2 Å². The molecule has 4 aromatic rings. The van der Waals surface area contributed by atoms with Gasteiger partial charge in [-0.2, -0.15) is 0 Å². The number of methoxy groups -OCH3 is 1. The summed E-state index contributed by atoms with van der Waals surface area (Å²) in [5, 5.41) is 61.0.